The Balaban J connectivity index is 0.00000408. The van der Waals surface area contributed by atoms with Crippen molar-refractivity contribution in [3.63, 3.8) is 0 Å². The second-order valence-corrected chi connectivity index (χ2v) is 14.3. The fourth-order valence-electron chi connectivity index (χ4n) is 8.68. The first-order valence-electron chi connectivity index (χ1n) is 15.8. The van der Waals surface area contributed by atoms with Crippen LogP contribution in [0.4, 0.5) is 0 Å². The molecule has 3 aliphatic carbocycles. The summed E-state index contributed by atoms with van der Waals surface area (Å²) < 4.78 is 0. The van der Waals surface area contributed by atoms with E-state index in [0.29, 0.717) is 0 Å². The molecule has 0 saturated heterocycles. The van der Waals surface area contributed by atoms with Crippen LogP contribution in [0, 0.1) is 59.2 Å². The Morgan fingerprint density at radius 1 is 0.667 bits per heavy atom. The van der Waals surface area contributed by atoms with Crippen molar-refractivity contribution in [3.8, 4) is 0 Å². The molecule has 0 N–H and O–H groups in total. The standard InChI is InChI=1S/C33H62.H2/c1-24(2)20-31(25(3)4)22-27(6)32(21-26(5)18-19-28-12-7-8-13-28)23-30-16-11-15-29-14-9-10-17-33(29)30;/h24-33H,7-23H2,1-6H3;1H/t26-,27?,29+,30?,31?,32+,33?;/m1./s1. The van der Waals surface area contributed by atoms with Crippen molar-refractivity contribution >= 4 is 0 Å². The van der Waals surface area contributed by atoms with Crippen LogP contribution < -0.4 is 0 Å². The largest absolute Gasteiger partial charge is 0.0628 e. The summed E-state index contributed by atoms with van der Waals surface area (Å²) in [6.07, 6.45) is 25.9. The fraction of sp³-hybridized carbons (Fsp3) is 1.00. The van der Waals surface area contributed by atoms with E-state index in [-0.39, 0.29) is 1.43 Å². The van der Waals surface area contributed by atoms with Crippen molar-refractivity contribution in [1.82, 2.24) is 0 Å². The molecule has 0 aromatic rings. The Labute approximate surface area is 211 Å². The summed E-state index contributed by atoms with van der Waals surface area (Å²) in [6, 6.07) is 0. The van der Waals surface area contributed by atoms with Crippen LogP contribution in [0.25, 0.3) is 0 Å². The van der Waals surface area contributed by atoms with Gasteiger partial charge in [-0.25, -0.2) is 0 Å². The van der Waals surface area contributed by atoms with E-state index in [4.69, 9.17) is 0 Å². The highest BCUT2D eigenvalue weighted by Gasteiger charge is 2.37. The van der Waals surface area contributed by atoms with Gasteiger partial charge in [0.1, 0.15) is 0 Å². The van der Waals surface area contributed by atoms with Gasteiger partial charge in [0.25, 0.3) is 0 Å². The van der Waals surface area contributed by atoms with Crippen LogP contribution in [-0.2, 0) is 0 Å². The molecule has 0 heteroatoms. The van der Waals surface area contributed by atoms with Gasteiger partial charge in [-0.05, 0) is 91.3 Å². The van der Waals surface area contributed by atoms with Gasteiger partial charge in [-0.2, -0.15) is 0 Å². The third kappa shape index (κ3) is 8.86. The smallest absolute Gasteiger partial charge is 0 e. The highest BCUT2D eigenvalue weighted by molar-refractivity contribution is 4.88. The Hall–Kier alpha value is 0. The summed E-state index contributed by atoms with van der Waals surface area (Å²) in [5.41, 5.74) is 0. The topological polar surface area (TPSA) is 0 Å². The van der Waals surface area contributed by atoms with Crippen LogP contribution in [0.1, 0.15) is 152 Å². The average Bonchev–Trinajstić information content (AvgIpc) is 3.30. The van der Waals surface area contributed by atoms with Gasteiger partial charge in [-0.1, -0.05) is 119 Å². The Morgan fingerprint density at radius 3 is 2.03 bits per heavy atom. The van der Waals surface area contributed by atoms with Crippen molar-refractivity contribution in [3.05, 3.63) is 0 Å². The molecule has 0 aliphatic heterocycles. The number of fused-ring (bicyclic) bond motifs is 1. The molecule has 33 heavy (non-hydrogen) atoms. The first kappa shape index (κ1) is 27.6. The second-order valence-electron chi connectivity index (χ2n) is 14.3. The normalized spacial score (nSPS) is 30.4. The second kappa shape index (κ2) is 13.9. The third-order valence-electron chi connectivity index (χ3n) is 10.8. The van der Waals surface area contributed by atoms with E-state index in [2.05, 4.69) is 41.5 Å². The maximum atomic E-state index is 2.67. The minimum absolute atomic E-state index is 0. The lowest BCUT2D eigenvalue weighted by molar-refractivity contribution is 0.0684. The molecule has 0 nitrogen and oxygen atoms in total. The maximum absolute atomic E-state index is 2.67. The van der Waals surface area contributed by atoms with Crippen molar-refractivity contribution in [1.29, 1.82) is 0 Å². The summed E-state index contributed by atoms with van der Waals surface area (Å²) >= 11 is 0. The van der Waals surface area contributed by atoms with Gasteiger partial charge >= 0.3 is 0 Å². The molecule has 0 amide bonds. The van der Waals surface area contributed by atoms with Crippen LogP contribution >= 0.6 is 0 Å². The average molecular weight is 461 g/mol. The third-order valence-corrected chi connectivity index (χ3v) is 10.8. The molecule has 0 bridgehead atoms. The minimum atomic E-state index is 0. The molecule has 4 unspecified atom stereocenters. The van der Waals surface area contributed by atoms with Crippen LogP contribution in [0.2, 0.25) is 0 Å². The molecule has 196 valence electrons. The zero-order valence-electron chi connectivity index (χ0n) is 23.8. The minimum Gasteiger partial charge on any atom is -0.0628 e. The zero-order chi connectivity index (χ0) is 23.8. The van der Waals surface area contributed by atoms with Gasteiger partial charge in [0.05, 0.1) is 0 Å². The van der Waals surface area contributed by atoms with Crippen LogP contribution in [0.5, 0.6) is 0 Å². The van der Waals surface area contributed by atoms with Gasteiger partial charge in [0.15, 0.2) is 0 Å². The number of hydrogen-bond donors (Lipinski definition) is 0. The predicted molar refractivity (Wildman–Crippen MR) is 150 cm³/mol. The summed E-state index contributed by atoms with van der Waals surface area (Å²) in [6.45, 7) is 15.2. The summed E-state index contributed by atoms with van der Waals surface area (Å²) in [5.74, 6) is 9.74. The molecule has 0 heterocycles. The van der Waals surface area contributed by atoms with Crippen molar-refractivity contribution in [2.75, 3.05) is 0 Å². The number of hydrogen-bond acceptors (Lipinski definition) is 0. The number of rotatable bonds is 13. The summed E-state index contributed by atoms with van der Waals surface area (Å²) in [5, 5.41) is 0. The first-order chi connectivity index (χ1) is 15.8. The highest BCUT2D eigenvalue weighted by atomic mass is 14.4. The first-order valence-corrected chi connectivity index (χ1v) is 15.8. The van der Waals surface area contributed by atoms with Gasteiger partial charge in [-0.15, -0.1) is 0 Å². The quantitative estimate of drug-likeness (QED) is 0.256. The van der Waals surface area contributed by atoms with Gasteiger partial charge in [0, 0.05) is 1.43 Å². The molecular formula is C33H64. The molecule has 3 rings (SSSR count). The summed E-state index contributed by atoms with van der Waals surface area (Å²) in [7, 11) is 0. The summed E-state index contributed by atoms with van der Waals surface area (Å²) in [4.78, 5) is 0. The van der Waals surface area contributed by atoms with E-state index in [9.17, 15) is 0 Å². The molecule has 3 fully saturated rings. The van der Waals surface area contributed by atoms with Gasteiger partial charge in [0.2, 0.25) is 0 Å². The lowest BCUT2D eigenvalue weighted by Gasteiger charge is -2.44. The van der Waals surface area contributed by atoms with E-state index >= 15 is 0 Å². The molecule has 3 aliphatic rings. The van der Waals surface area contributed by atoms with Crippen LogP contribution in [0.3, 0.4) is 0 Å². The van der Waals surface area contributed by atoms with E-state index in [1.54, 1.807) is 32.1 Å². The lowest BCUT2D eigenvalue weighted by Crippen LogP contribution is -2.33. The SMILES string of the molecule is CC(C)CC(CC(C)[C@H](CC1CCC[C@@H]2CCCCC12)C[C@H](C)CCC1CCCC1)C(C)C.[HH]. The van der Waals surface area contributed by atoms with Gasteiger partial charge in [-0.3, -0.25) is 0 Å². The zero-order valence-corrected chi connectivity index (χ0v) is 23.8. The van der Waals surface area contributed by atoms with Crippen molar-refractivity contribution in [2.45, 2.75) is 151 Å². The maximum Gasteiger partial charge on any atom is 0 e. The predicted octanol–water partition coefficient (Wildman–Crippen LogP) is 11.2. The Morgan fingerprint density at radius 2 is 1.33 bits per heavy atom. The monoisotopic (exact) mass is 461 g/mol. The molecule has 7 atom stereocenters. The molecule has 3 saturated carbocycles. The van der Waals surface area contributed by atoms with E-state index in [1.165, 1.54) is 77.0 Å². The molecule has 0 radical (unpaired) electrons. The fourth-order valence-corrected chi connectivity index (χ4v) is 8.68. The molecule has 0 aromatic carbocycles. The van der Waals surface area contributed by atoms with Crippen molar-refractivity contribution < 1.29 is 1.43 Å². The molecule has 0 aromatic heterocycles. The van der Waals surface area contributed by atoms with Crippen molar-refractivity contribution in [2.24, 2.45) is 59.2 Å². The Bertz CT molecular complexity index is 517. The highest BCUT2D eigenvalue weighted by Crippen LogP contribution is 2.48. The Kier molecular flexibility index (Phi) is 11.6. The van der Waals surface area contributed by atoms with E-state index in [1.807, 2.05) is 0 Å². The van der Waals surface area contributed by atoms with E-state index < -0.39 is 0 Å². The lowest BCUT2D eigenvalue weighted by atomic mass is 9.62. The van der Waals surface area contributed by atoms with Gasteiger partial charge < -0.3 is 0 Å². The van der Waals surface area contributed by atoms with Crippen LogP contribution in [-0.4, -0.2) is 0 Å². The molecular weight excluding hydrogens is 396 g/mol. The van der Waals surface area contributed by atoms with E-state index in [0.717, 1.165) is 59.2 Å². The molecule has 0 spiro atoms. The van der Waals surface area contributed by atoms with Crippen LogP contribution in [0.15, 0.2) is 0 Å².